The topological polar surface area (TPSA) is 12.9 Å². The summed E-state index contributed by atoms with van der Waals surface area (Å²) in [5.41, 5.74) is 1.08. The van der Waals surface area contributed by atoms with E-state index in [1.165, 1.54) is 70.0 Å². The number of fused-ring (bicyclic) bond motifs is 15. The molecule has 0 N–H and O–H groups in total. The molecule has 1 aromatic heterocycles. The molecule has 0 amide bonds. The van der Waals surface area contributed by atoms with Crippen molar-refractivity contribution < 1.29 is 0 Å². The van der Waals surface area contributed by atoms with Crippen LogP contribution in [0.4, 0.5) is 0 Å². The maximum atomic E-state index is 5.15. The van der Waals surface area contributed by atoms with Gasteiger partial charge in [-0.3, -0.25) is 4.98 Å². The molecule has 0 atom stereocenters. The van der Waals surface area contributed by atoms with E-state index in [4.69, 9.17) is 4.98 Å². The number of hydrogen-bond acceptors (Lipinski definition) is 1. The van der Waals surface area contributed by atoms with Gasteiger partial charge in [-0.2, -0.15) is 0 Å². The zero-order valence-corrected chi connectivity index (χ0v) is 18.4. The SMILES string of the molecule is c1ccc2c(c1)ccc1c3ccccc3c3ncc4c5ccccc5c5ccccc5c4c3c21. The van der Waals surface area contributed by atoms with Gasteiger partial charge in [-0.15, -0.1) is 0 Å². The zero-order valence-electron chi connectivity index (χ0n) is 18.4. The second-order valence-electron chi connectivity index (χ2n) is 9.12. The monoisotopic (exact) mass is 429 g/mol. The Morgan fingerprint density at radius 3 is 1.53 bits per heavy atom. The molecule has 7 aromatic carbocycles. The lowest BCUT2D eigenvalue weighted by Crippen LogP contribution is -1.91. The Labute approximate surface area is 195 Å². The van der Waals surface area contributed by atoms with Gasteiger partial charge >= 0.3 is 0 Å². The van der Waals surface area contributed by atoms with Crippen LogP contribution in [-0.4, -0.2) is 4.98 Å². The van der Waals surface area contributed by atoms with E-state index in [-0.39, 0.29) is 0 Å². The van der Waals surface area contributed by atoms with Crippen molar-refractivity contribution in [3.8, 4) is 0 Å². The Hall–Kier alpha value is -4.49. The van der Waals surface area contributed by atoms with Crippen molar-refractivity contribution in [3.63, 3.8) is 0 Å². The molecule has 1 heterocycles. The molecule has 0 fully saturated rings. The first-order valence-electron chi connectivity index (χ1n) is 11.7. The maximum Gasteiger partial charge on any atom is 0.0793 e. The molecular formula is C33H19N. The molecule has 8 aromatic rings. The maximum absolute atomic E-state index is 5.15. The molecule has 156 valence electrons. The van der Waals surface area contributed by atoms with Gasteiger partial charge in [-0.1, -0.05) is 109 Å². The predicted octanol–water partition coefficient (Wildman–Crippen LogP) is 9.15. The Morgan fingerprint density at radius 1 is 0.324 bits per heavy atom. The third-order valence-electron chi connectivity index (χ3n) is 7.43. The molecule has 0 unspecified atom stereocenters. The summed E-state index contributed by atoms with van der Waals surface area (Å²) in [6.07, 6.45) is 2.09. The zero-order chi connectivity index (χ0) is 22.2. The van der Waals surface area contributed by atoms with Crippen LogP contribution < -0.4 is 0 Å². The number of pyridine rings is 1. The van der Waals surface area contributed by atoms with Gasteiger partial charge in [0.25, 0.3) is 0 Å². The number of benzene rings is 7. The molecule has 34 heavy (non-hydrogen) atoms. The lowest BCUT2D eigenvalue weighted by atomic mass is 9.88. The van der Waals surface area contributed by atoms with Gasteiger partial charge < -0.3 is 0 Å². The number of rotatable bonds is 0. The molecule has 0 saturated heterocycles. The van der Waals surface area contributed by atoms with Crippen LogP contribution in [0.15, 0.2) is 115 Å². The van der Waals surface area contributed by atoms with E-state index in [0.29, 0.717) is 0 Å². The second kappa shape index (κ2) is 6.52. The Bertz CT molecular complexity index is 2080. The predicted molar refractivity (Wildman–Crippen MR) is 147 cm³/mol. The Balaban J connectivity index is 1.84. The number of aromatic nitrogens is 1. The summed E-state index contributed by atoms with van der Waals surface area (Å²) < 4.78 is 0. The summed E-state index contributed by atoms with van der Waals surface area (Å²) in [6.45, 7) is 0. The molecule has 0 aliphatic carbocycles. The first-order chi connectivity index (χ1) is 16.9. The first kappa shape index (κ1) is 18.0. The average molecular weight is 430 g/mol. The normalized spacial score (nSPS) is 12.1. The van der Waals surface area contributed by atoms with Crippen LogP contribution in [0.5, 0.6) is 0 Å². The minimum absolute atomic E-state index is 1.08. The summed E-state index contributed by atoms with van der Waals surface area (Å²) in [6, 6.07) is 39.5. The van der Waals surface area contributed by atoms with Gasteiger partial charge in [-0.25, -0.2) is 0 Å². The van der Waals surface area contributed by atoms with E-state index in [1.807, 2.05) is 0 Å². The Kier molecular flexibility index (Phi) is 3.45. The van der Waals surface area contributed by atoms with E-state index in [1.54, 1.807) is 0 Å². The van der Waals surface area contributed by atoms with Crippen LogP contribution in [0, 0.1) is 0 Å². The summed E-state index contributed by atoms with van der Waals surface area (Å²) >= 11 is 0. The summed E-state index contributed by atoms with van der Waals surface area (Å²) in [7, 11) is 0. The van der Waals surface area contributed by atoms with Gasteiger partial charge in [0.05, 0.1) is 5.52 Å². The van der Waals surface area contributed by atoms with Gasteiger partial charge in [0.15, 0.2) is 0 Å². The third kappa shape index (κ3) is 2.21. The minimum atomic E-state index is 1.08. The summed E-state index contributed by atoms with van der Waals surface area (Å²) in [4.78, 5) is 5.15. The van der Waals surface area contributed by atoms with Gasteiger partial charge in [0, 0.05) is 33.1 Å². The highest BCUT2D eigenvalue weighted by Crippen LogP contribution is 2.44. The second-order valence-corrected chi connectivity index (χ2v) is 9.12. The van der Waals surface area contributed by atoms with Crippen molar-refractivity contribution in [1.82, 2.24) is 4.98 Å². The smallest absolute Gasteiger partial charge is 0.0793 e. The van der Waals surface area contributed by atoms with Crippen LogP contribution in [0.25, 0.3) is 75.5 Å². The van der Waals surface area contributed by atoms with Crippen LogP contribution in [-0.2, 0) is 0 Å². The summed E-state index contributed by atoms with van der Waals surface area (Å²) in [5.74, 6) is 0. The highest BCUT2D eigenvalue weighted by Gasteiger charge is 2.18. The van der Waals surface area contributed by atoms with E-state index < -0.39 is 0 Å². The van der Waals surface area contributed by atoms with Crippen molar-refractivity contribution in [2.24, 2.45) is 0 Å². The van der Waals surface area contributed by atoms with Crippen molar-refractivity contribution >= 4 is 75.5 Å². The fourth-order valence-corrected chi connectivity index (χ4v) is 6.02. The third-order valence-corrected chi connectivity index (χ3v) is 7.43. The molecule has 0 aliphatic rings. The fraction of sp³-hybridized carbons (Fsp3) is 0. The molecule has 0 aliphatic heterocycles. The molecule has 0 spiro atoms. The average Bonchev–Trinajstić information content (AvgIpc) is 2.92. The minimum Gasteiger partial charge on any atom is -0.255 e. The van der Waals surface area contributed by atoms with Crippen molar-refractivity contribution in [2.75, 3.05) is 0 Å². The Morgan fingerprint density at radius 2 is 0.794 bits per heavy atom. The van der Waals surface area contributed by atoms with E-state index in [0.717, 1.165) is 5.52 Å². The van der Waals surface area contributed by atoms with Crippen LogP contribution in [0.3, 0.4) is 0 Å². The number of nitrogens with zero attached hydrogens (tertiary/aromatic N) is 1. The summed E-state index contributed by atoms with van der Waals surface area (Å²) in [5, 5.41) is 16.5. The molecule has 0 radical (unpaired) electrons. The molecular weight excluding hydrogens is 410 g/mol. The molecule has 8 rings (SSSR count). The van der Waals surface area contributed by atoms with Gasteiger partial charge in [0.1, 0.15) is 0 Å². The largest absolute Gasteiger partial charge is 0.255 e. The first-order valence-corrected chi connectivity index (χ1v) is 11.7. The van der Waals surface area contributed by atoms with E-state index in [9.17, 15) is 0 Å². The van der Waals surface area contributed by atoms with Crippen LogP contribution >= 0.6 is 0 Å². The van der Waals surface area contributed by atoms with Crippen molar-refractivity contribution in [1.29, 1.82) is 0 Å². The molecule has 0 bridgehead atoms. The van der Waals surface area contributed by atoms with Crippen LogP contribution in [0.2, 0.25) is 0 Å². The lowest BCUT2D eigenvalue weighted by Gasteiger charge is -2.17. The number of hydrogen-bond donors (Lipinski definition) is 0. The van der Waals surface area contributed by atoms with Gasteiger partial charge in [0.2, 0.25) is 0 Å². The fourth-order valence-electron chi connectivity index (χ4n) is 6.02. The van der Waals surface area contributed by atoms with Gasteiger partial charge in [-0.05, 0) is 43.1 Å². The van der Waals surface area contributed by atoms with E-state index >= 15 is 0 Å². The quantitative estimate of drug-likeness (QED) is 0.219. The standard InChI is InChI=1S/C33H19N/c1-2-10-21-20(9-1)17-18-27-25-14-6-8-16-28(25)33-32(30(21)27)31-26-15-7-5-12-23(26)22-11-3-4-13-24(22)29(31)19-34-33/h1-19H. The molecule has 1 heteroatoms. The van der Waals surface area contributed by atoms with Crippen molar-refractivity contribution in [3.05, 3.63) is 115 Å². The highest BCUT2D eigenvalue weighted by molar-refractivity contribution is 6.41. The van der Waals surface area contributed by atoms with Crippen molar-refractivity contribution in [2.45, 2.75) is 0 Å². The highest BCUT2D eigenvalue weighted by atomic mass is 14.7. The molecule has 1 nitrogen and oxygen atoms in total. The molecule has 0 saturated carbocycles. The van der Waals surface area contributed by atoms with Crippen LogP contribution in [0.1, 0.15) is 0 Å². The van der Waals surface area contributed by atoms with E-state index in [2.05, 4.69) is 115 Å². The lowest BCUT2D eigenvalue weighted by molar-refractivity contribution is 1.47.